The molecule has 0 aromatic heterocycles. The molecule has 84 valence electrons. The predicted molar refractivity (Wildman–Crippen MR) is 48.7 cm³/mol. The third kappa shape index (κ3) is 3.77. The van der Waals surface area contributed by atoms with E-state index in [1.54, 1.807) is 0 Å². The summed E-state index contributed by atoms with van der Waals surface area (Å²) in [6.45, 7) is 0. The van der Waals surface area contributed by atoms with Gasteiger partial charge in [-0.05, 0) is 12.1 Å². The molecule has 0 fully saturated rings. The molecule has 0 heterocycles. The average Bonchev–Trinajstić information content (AvgIpc) is 2.00. The van der Waals surface area contributed by atoms with Crippen LogP contribution in [-0.4, -0.2) is 6.18 Å². The van der Waals surface area contributed by atoms with Crippen LogP contribution in [0, 0.1) is 0 Å². The van der Waals surface area contributed by atoms with Gasteiger partial charge >= 0.3 is 6.18 Å². The molecule has 1 aromatic carbocycles. The van der Waals surface area contributed by atoms with Crippen LogP contribution >= 0.6 is 15.9 Å². The Balaban J connectivity index is 2.90. The summed E-state index contributed by atoms with van der Waals surface area (Å²) in [4.78, 5) is 0. The maximum Gasteiger partial charge on any atom is 0.395 e. The highest BCUT2D eigenvalue weighted by Gasteiger charge is 2.44. The number of benzene rings is 1. The summed E-state index contributed by atoms with van der Waals surface area (Å²) in [5.74, 6) is -3.88. The van der Waals surface area contributed by atoms with Gasteiger partial charge in [-0.2, -0.15) is 13.2 Å². The van der Waals surface area contributed by atoms with E-state index in [4.69, 9.17) is 0 Å². The molecular formula is C9H6BrF5. The van der Waals surface area contributed by atoms with E-state index in [1.807, 2.05) is 0 Å². The van der Waals surface area contributed by atoms with Crippen molar-refractivity contribution in [2.45, 2.75) is 18.5 Å². The maximum absolute atomic E-state index is 13.0. The molecule has 0 nitrogen and oxygen atoms in total. The number of alkyl halides is 5. The van der Waals surface area contributed by atoms with Gasteiger partial charge in [0.2, 0.25) is 0 Å². The van der Waals surface area contributed by atoms with Gasteiger partial charge in [0.25, 0.3) is 5.92 Å². The van der Waals surface area contributed by atoms with Gasteiger partial charge in [-0.25, -0.2) is 8.78 Å². The van der Waals surface area contributed by atoms with E-state index in [2.05, 4.69) is 15.9 Å². The minimum Gasteiger partial charge on any atom is -0.201 e. The minimum absolute atomic E-state index is 0.536. The molecule has 0 N–H and O–H groups in total. The van der Waals surface area contributed by atoms with Gasteiger partial charge in [-0.1, -0.05) is 28.1 Å². The average molecular weight is 289 g/mol. The summed E-state index contributed by atoms with van der Waals surface area (Å²) in [7, 11) is 0. The van der Waals surface area contributed by atoms with Crippen molar-refractivity contribution in [3.63, 3.8) is 0 Å². The van der Waals surface area contributed by atoms with Crippen molar-refractivity contribution >= 4 is 15.9 Å². The lowest BCUT2D eigenvalue weighted by Gasteiger charge is -2.18. The van der Waals surface area contributed by atoms with Crippen molar-refractivity contribution in [3.05, 3.63) is 34.3 Å². The Morgan fingerprint density at radius 3 is 1.80 bits per heavy atom. The van der Waals surface area contributed by atoms with E-state index in [1.165, 1.54) is 12.1 Å². The molecule has 6 heteroatoms. The molecule has 1 aromatic rings. The normalized spacial score (nSPS) is 12.9. The summed E-state index contributed by atoms with van der Waals surface area (Å²) < 4.78 is 62.1. The first kappa shape index (κ1) is 12.4. The standard InChI is InChI=1S/C9H6BrF5/c10-7-3-1-6(2-4-7)8(11,12)5-9(13,14)15/h1-4H,5H2. The Morgan fingerprint density at radius 1 is 0.933 bits per heavy atom. The smallest absolute Gasteiger partial charge is 0.201 e. The summed E-state index contributed by atoms with van der Waals surface area (Å²) in [6, 6.07) is 4.49. The molecule has 0 saturated carbocycles. The van der Waals surface area contributed by atoms with Gasteiger partial charge in [0.05, 0.1) is 0 Å². The highest BCUT2D eigenvalue weighted by atomic mass is 79.9. The maximum atomic E-state index is 13.0. The lowest BCUT2D eigenvalue weighted by atomic mass is 10.1. The predicted octanol–water partition coefficient (Wildman–Crippen LogP) is 4.49. The van der Waals surface area contributed by atoms with Crippen molar-refractivity contribution in [2.75, 3.05) is 0 Å². The van der Waals surface area contributed by atoms with Crippen LogP contribution in [0.3, 0.4) is 0 Å². The highest BCUT2D eigenvalue weighted by molar-refractivity contribution is 9.10. The topological polar surface area (TPSA) is 0 Å². The first-order valence-electron chi connectivity index (χ1n) is 3.91. The zero-order valence-corrected chi connectivity index (χ0v) is 8.87. The number of halogens is 6. The van der Waals surface area contributed by atoms with Crippen LogP contribution < -0.4 is 0 Å². The molecular weight excluding hydrogens is 283 g/mol. The molecule has 0 unspecified atom stereocenters. The van der Waals surface area contributed by atoms with Gasteiger partial charge in [0.15, 0.2) is 0 Å². The molecule has 0 aliphatic rings. The molecule has 0 atom stereocenters. The molecule has 0 aliphatic heterocycles. The van der Waals surface area contributed by atoms with Gasteiger partial charge in [0.1, 0.15) is 6.42 Å². The Morgan fingerprint density at radius 2 is 1.40 bits per heavy atom. The third-order valence-corrected chi connectivity index (χ3v) is 2.22. The number of hydrogen-bond donors (Lipinski definition) is 0. The lowest BCUT2D eigenvalue weighted by molar-refractivity contribution is -0.190. The number of rotatable bonds is 2. The van der Waals surface area contributed by atoms with E-state index >= 15 is 0 Å². The minimum atomic E-state index is -4.88. The van der Waals surface area contributed by atoms with Crippen molar-refractivity contribution in [2.24, 2.45) is 0 Å². The summed E-state index contributed by atoms with van der Waals surface area (Å²) in [5, 5.41) is 0. The summed E-state index contributed by atoms with van der Waals surface area (Å²) >= 11 is 3.01. The fourth-order valence-electron chi connectivity index (χ4n) is 1.05. The quantitative estimate of drug-likeness (QED) is 0.703. The van der Waals surface area contributed by atoms with Crippen LogP contribution in [0.4, 0.5) is 22.0 Å². The van der Waals surface area contributed by atoms with Crippen molar-refractivity contribution < 1.29 is 22.0 Å². The van der Waals surface area contributed by atoms with E-state index < -0.39 is 24.1 Å². The largest absolute Gasteiger partial charge is 0.395 e. The van der Waals surface area contributed by atoms with Crippen LogP contribution in [0.2, 0.25) is 0 Å². The third-order valence-electron chi connectivity index (χ3n) is 1.69. The number of hydrogen-bond acceptors (Lipinski definition) is 0. The molecule has 0 saturated heterocycles. The second-order valence-corrected chi connectivity index (χ2v) is 3.92. The monoisotopic (exact) mass is 288 g/mol. The van der Waals surface area contributed by atoms with Crippen LogP contribution in [0.25, 0.3) is 0 Å². The van der Waals surface area contributed by atoms with Crippen molar-refractivity contribution in [1.29, 1.82) is 0 Å². The molecule has 1 rings (SSSR count). The van der Waals surface area contributed by atoms with E-state index in [9.17, 15) is 22.0 Å². The van der Waals surface area contributed by atoms with Gasteiger partial charge in [-0.3, -0.25) is 0 Å². The molecule has 0 amide bonds. The Kier molecular flexibility index (Phi) is 3.38. The Bertz CT molecular complexity index is 327. The summed E-state index contributed by atoms with van der Waals surface area (Å²) in [6.07, 6.45) is -7.02. The SMILES string of the molecule is FC(F)(F)CC(F)(F)c1ccc(Br)cc1. The molecule has 0 radical (unpaired) electrons. The second-order valence-electron chi connectivity index (χ2n) is 3.00. The molecule has 0 spiro atoms. The van der Waals surface area contributed by atoms with Crippen LogP contribution in [0.15, 0.2) is 28.7 Å². The van der Waals surface area contributed by atoms with Gasteiger partial charge in [0, 0.05) is 10.0 Å². The van der Waals surface area contributed by atoms with Crippen molar-refractivity contribution in [1.82, 2.24) is 0 Å². The first-order chi connectivity index (χ1) is 6.71. The van der Waals surface area contributed by atoms with Crippen LogP contribution in [-0.2, 0) is 5.92 Å². The fraction of sp³-hybridized carbons (Fsp3) is 0.333. The lowest BCUT2D eigenvalue weighted by Crippen LogP contribution is -2.23. The Hall–Kier alpha value is -0.650. The Labute approximate surface area is 91.2 Å². The van der Waals surface area contributed by atoms with Gasteiger partial charge in [-0.15, -0.1) is 0 Å². The zero-order chi connectivity index (χ0) is 11.7. The van der Waals surface area contributed by atoms with Crippen LogP contribution in [0.1, 0.15) is 12.0 Å². The summed E-state index contributed by atoms with van der Waals surface area (Å²) in [5.41, 5.74) is -0.636. The molecule has 0 bridgehead atoms. The molecule has 0 aliphatic carbocycles. The fourth-order valence-corrected chi connectivity index (χ4v) is 1.31. The van der Waals surface area contributed by atoms with Crippen molar-refractivity contribution in [3.8, 4) is 0 Å². The first-order valence-corrected chi connectivity index (χ1v) is 4.71. The van der Waals surface area contributed by atoms with E-state index in [0.29, 0.717) is 4.47 Å². The van der Waals surface area contributed by atoms with Gasteiger partial charge < -0.3 is 0 Å². The zero-order valence-electron chi connectivity index (χ0n) is 7.28. The highest BCUT2D eigenvalue weighted by Crippen LogP contribution is 2.39. The molecule has 15 heavy (non-hydrogen) atoms. The second kappa shape index (κ2) is 4.08. The van der Waals surface area contributed by atoms with E-state index in [0.717, 1.165) is 12.1 Å². The van der Waals surface area contributed by atoms with Crippen LogP contribution in [0.5, 0.6) is 0 Å². The van der Waals surface area contributed by atoms with E-state index in [-0.39, 0.29) is 0 Å².